The van der Waals surface area contributed by atoms with Crippen molar-refractivity contribution in [3.63, 3.8) is 0 Å². The third-order valence-electron chi connectivity index (χ3n) is 3.60. The maximum absolute atomic E-state index is 11.4. The highest BCUT2D eigenvalue weighted by Crippen LogP contribution is 2.16. The first-order chi connectivity index (χ1) is 10.0. The summed E-state index contributed by atoms with van der Waals surface area (Å²) in [6.07, 6.45) is -0.0410. The number of aryl methyl sites for hydroxylation is 2. The largest absolute Gasteiger partial charge is 0.373 e. The zero-order chi connectivity index (χ0) is 15.4. The fraction of sp³-hybridized carbons (Fsp3) is 0.533. The van der Waals surface area contributed by atoms with Crippen molar-refractivity contribution in [3.8, 4) is 6.07 Å². The molecule has 0 radical (unpaired) electrons. The Labute approximate surface area is 124 Å². The number of hydrogen-bond acceptors (Lipinski definition) is 5. The van der Waals surface area contributed by atoms with E-state index < -0.39 is 0 Å². The summed E-state index contributed by atoms with van der Waals surface area (Å²) in [5, 5.41) is 12.3. The van der Waals surface area contributed by atoms with Crippen LogP contribution in [-0.4, -0.2) is 48.1 Å². The number of carbonyl (C=O) groups excluding carboxylic acids is 1. The van der Waals surface area contributed by atoms with Crippen LogP contribution in [0.4, 0.5) is 5.82 Å². The molecule has 1 aromatic heterocycles. The lowest BCUT2D eigenvalue weighted by atomic mass is 10.1. The van der Waals surface area contributed by atoms with Crippen molar-refractivity contribution in [2.75, 3.05) is 31.6 Å². The number of nitriles is 1. The van der Waals surface area contributed by atoms with Crippen molar-refractivity contribution < 1.29 is 9.53 Å². The third-order valence-corrected chi connectivity index (χ3v) is 3.60. The van der Waals surface area contributed by atoms with Crippen LogP contribution in [-0.2, 0) is 9.53 Å². The first-order valence-electron chi connectivity index (χ1n) is 7.00. The van der Waals surface area contributed by atoms with Gasteiger partial charge < -0.3 is 15.0 Å². The first kappa shape index (κ1) is 15.3. The lowest BCUT2D eigenvalue weighted by Crippen LogP contribution is -2.47. The average Bonchev–Trinajstić information content (AvgIpc) is 2.45. The normalized spacial score (nSPS) is 18.2. The molecule has 1 N–H and O–H groups in total. The van der Waals surface area contributed by atoms with E-state index in [-0.39, 0.29) is 12.0 Å². The van der Waals surface area contributed by atoms with E-state index in [1.807, 2.05) is 19.9 Å². The molecular formula is C15H20N4O2. The average molecular weight is 288 g/mol. The van der Waals surface area contributed by atoms with Crippen LogP contribution < -0.4 is 5.32 Å². The Morgan fingerprint density at radius 1 is 1.62 bits per heavy atom. The number of carbonyl (C=O) groups is 1. The maximum atomic E-state index is 11.4. The Morgan fingerprint density at radius 3 is 3.00 bits per heavy atom. The van der Waals surface area contributed by atoms with Gasteiger partial charge in [0.15, 0.2) is 0 Å². The minimum absolute atomic E-state index is 0.0410. The molecule has 1 fully saturated rings. The Bertz CT molecular complexity index is 557. The number of nitrogens with one attached hydrogen (secondary N) is 1. The minimum Gasteiger partial charge on any atom is -0.373 e. The van der Waals surface area contributed by atoms with E-state index in [4.69, 9.17) is 10.00 Å². The molecule has 1 saturated heterocycles. The van der Waals surface area contributed by atoms with E-state index in [2.05, 4.69) is 16.4 Å². The molecule has 1 aliphatic heterocycles. The SMILES string of the molecule is CC(=O)N1CCO[C@@H](CNc2cc(C)c(C#N)c(C)n2)C1. The molecule has 1 aromatic rings. The van der Waals surface area contributed by atoms with E-state index >= 15 is 0 Å². The molecular weight excluding hydrogens is 268 g/mol. The molecule has 0 bridgehead atoms. The molecule has 0 saturated carbocycles. The fourth-order valence-electron chi connectivity index (χ4n) is 2.44. The summed E-state index contributed by atoms with van der Waals surface area (Å²) in [4.78, 5) is 17.5. The van der Waals surface area contributed by atoms with Crippen LogP contribution in [0.3, 0.4) is 0 Å². The first-order valence-corrected chi connectivity index (χ1v) is 7.00. The number of amides is 1. The highest BCUT2D eigenvalue weighted by molar-refractivity contribution is 5.73. The van der Waals surface area contributed by atoms with Crippen LogP contribution in [0.1, 0.15) is 23.7 Å². The van der Waals surface area contributed by atoms with Crippen LogP contribution in [0.15, 0.2) is 6.07 Å². The topological polar surface area (TPSA) is 78.2 Å². The number of morpholine rings is 1. The van der Waals surface area contributed by atoms with Gasteiger partial charge >= 0.3 is 0 Å². The van der Waals surface area contributed by atoms with Gasteiger partial charge in [0.25, 0.3) is 0 Å². The van der Waals surface area contributed by atoms with Gasteiger partial charge in [0.05, 0.1) is 24.0 Å². The smallest absolute Gasteiger partial charge is 0.219 e. The van der Waals surface area contributed by atoms with Crippen LogP contribution in [0.2, 0.25) is 0 Å². The molecule has 6 nitrogen and oxygen atoms in total. The van der Waals surface area contributed by atoms with Crippen molar-refractivity contribution in [3.05, 3.63) is 22.9 Å². The number of rotatable bonds is 3. The van der Waals surface area contributed by atoms with E-state index in [9.17, 15) is 4.79 Å². The quantitative estimate of drug-likeness (QED) is 0.905. The Morgan fingerprint density at radius 2 is 2.38 bits per heavy atom. The number of pyridine rings is 1. The molecule has 0 spiro atoms. The highest BCUT2D eigenvalue weighted by Gasteiger charge is 2.22. The molecule has 1 amide bonds. The summed E-state index contributed by atoms with van der Waals surface area (Å²) >= 11 is 0. The molecule has 112 valence electrons. The lowest BCUT2D eigenvalue weighted by molar-refractivity contribution is -0.135. The third kappa shape index (κ3) is 3.70. The summed E-state index contributed by atoms with van der Waals surface area (Å²) in [5.41, 5.74) is 2.24. The number of aromatic nitrogens is 1. The molecule has 21 heavy (non-hydrogen) atoms. The summed E-state index contributed by atoms with van der Waals surface area (Å²) < 4.78 is 5.65. The summed E-state index contributed by atoms with van der Waals surface area (Å²) in [6, 6.07) is 4.01. The van der Waals surface area contributed by atoms with Gasteiger partial charge in [0, 0.05) is 26.6 Å². The van der Waals surface area contributed by atoms with E-state index in [1.165, 1.54) is 0 Å². The van der Waals surface area contributed by atoms with E-state index in [0.717, 1.165) is 17.1 Å². The second kappa shape index (κ2) is 6.55. The van der Waals surface area contributed by atoms with Gasteiger partial charge in [0.2, 0.25) is 5.91 Å². The summed E-state index contributed by atoms with van der Waals surface area (Å²) in [6.45, 7) is 7.69. The van der Waals surface area contributed by atoms with E-state index in [1.54, 1.807) is 11.8 Å². The standard InChI is InChI=1S/C15H20N4O2/c1-10-6-15(18-11(2)14(10)7-16)17-8-13-9-19(12(3)20)4-5-21-13/h6,13H,4-5,8-9H2,1-3H3,(H,17,18)/t13-/m0/s1. The Hall–Kier alpha value is -2.13. The monoisotopic (exact) mass is 288 g/mol. The van der Waals surface area contributed by atoms with Gasteiger partial charge in [-0.2, -0.15) is 5.26 Å². The van der Waals surface area contributed by atoms with Crippen LogP contribution in [0.5, 0.6) is 0 Å². The molecule has 2 heterocycles. The summed E-state index contributed by atoms with van der Waals surface area (Å²) in [7, 11) is 0. The molecule has 2 rings (SSSR count). The Kier molecular flexibility index (Phi) is 4.76. The number of nitrogens with zero attached hydrogens (tertiary/aromatic N) is 3. The minimum atomic E-state index is -0.0410. The van der Waals surface area contributed by atoms with Crippen molar-refractivity contribution in [1.82, 2.24) is 9.88 Å². The van der Waals surface area contributed by atoms with Crippen molar-refractivity contribution in [2.45, 2.75) is 26.9 Å². The highest BCUT2D eigenvalue weighted by atomic mass is 16.5. The van der Waals surface area contributed by atoms with Crippen molar-refractivity contribution >= 4 is 11.7 Å². The van der Waals surface area contributed by atoms with E-state index in [0.29, 0.717) is 31.8 Å². The summed E-state index contributed by atoms with van der Waals surface area (Å²) in [5.74, 6) is 0.805. The molecule has 0 unspecified atom stereocenters. The second-order valence-electron chi connectivity index (χ2n) is 5.24. The maximum Gasteiger partial charge on any atom is 0.219 e. The second-order valence-corrected chi connectivity index (χ2v) is 5.24. The predicted octanol–water partition coefficient (Wildman–Crippen LogP) is 1.23. The van der Waals surface area contributed by atoms with Gasteiger partial charge in [-0.05, 0) is 25.5 Å². The van der Waals surface area contributed by atoms with Gasteiger partial charge in [-0.1, -0.05) is 0 Å². The molecule has 1 atom stereocenters. The number of anilines is 1. The molecule has 6 heteroatoms. The fourth-order valence-corrected chi connectivity index (χ4v) is 2.44. The Balaban J connectivity index is 1.97. The van der Waals surface area contributed by atoms with Crippen molar-refractivity contribution in [1.29, 1.82) is 5.26 Å². The van der Waals surface area contributed by atoms with Crippen LogP contribution in [0.25, 0.3) is 0 Å². The van der Waals surface area contributed by atoms with Crippen LogP contribution in [0, 0.1) is 25.2 Å². The van der Waals surface area contributed by atoms with Crippen LogP contribution >= 0.6 is 0 Å². The zero-order valence-corrected chi connectivity index (χ0v) is 12.6. The molecule has 0 aromatic carbocycles. The van der Waals surface area contributed by atoms with Gasteiger partial charge in [-0.3, -0.25) is 4.79 Å². The lowest BCUT2D eigenvalue weighted by Gasteiger charge is -2.32. The zero-order valence-electron chi connectivity index (χ0n) is 12.6. The number of ether oxygens (including phenoxy) is 1. The molecule has 1 aliphatic rings. The van der Waals surface area contributed by atoms with Crippen molar-refractivity contribution in [2.24, 2.45) is 0 Å². The van der Waals surface area contributed by atoms with Gasteiger partial charge in [0.1, 0.15) is 11.9 Å². The predicted molar refractivity (Wildman–Crippen MR) is 78.9 cm³/mol. The molecule has 0 aliphatic carbocycles. The van der Waals surface area contributed by atoms with Gasteiger partial charge in [-0.15, -0.1) is 0 Å². The van der Waals surface area contributed by atoms with Gasteiger partial charge in [-0.25, -0.2) is 4.98 Å². The number of hydrogen-bond donors (Lipinski definition) is 1.